The van der Waals surface area contributed by atoms with Crippen molar-refractivity contribution in [2.45, 2.75) is 13.3 Å². The number of allylic oxidation sites excluding steroid dienone is 5. The molecule has 0 saturated heterocycles. The van der Waals surface area contributed by atoms with Gasteiger partial charge in [0.05, 0.1) is 22.1 Å². The van der Waals surface area contributed by atoms with Crippen LogP contribution in [0.3, 0.4) is 0 Å². The van der Waals surface area contributed by atoms with Gasteiger partial charge in [-0.15, -0.1) is 0 Å². The number of fused-ring (bicyclic) bond motifs is 6. The van der Waals surface area contributed by atoms with Crippen molar-refractivity contribution >= 4 is 49.2 Å². The average Bonchev–Trinajstić information content (AvgIpc) is 1.67. The third-order valence-electron chi connectivity index (χ3n) is 16.6. The van der Waals surface area contributed by atoms with Crippen LogP contribution in [0.15, 0.2) is 305 Å². The summed E-state index contributed by atoms with van der Waals surface area (Å²) in [5.41, 5.74) is 22.9. The lowest BCUT2D eigenvalue weighted by atomic mass is 9.93. The quantitative estimate of drug-likeness (QED) is 0.101. The van der Waals surface area contributed by atoms with Crippen LogP contribution in [0.2, 0.25) is 0 Å². The number of hydrogen-bond donors (Lipinski definition) is 0. The number of nitrogens with zero attached hydrogens (tertiary/aromatic N) is 8. The maximum absolute atomic E-state index is 4.67. The van der Waals surface area contributed by atoms with Crippen molar-refractivity contribution in [1.82, 2.24) is 39.0 Å². The van der Waals surface area contributed by atoms with Crippen molar-refractivity contribution in [2.75, 3.05) is 0 Å². The predicted molar refractivity (Wildman–Crippen MR) is 362 cm³/mol. The molecular weight excluding hydrogens is 1070 g/mol. The minimum absolute atomic E-state index is 0.667. The molecule has 15 rings (SSSR count). The molecule has 0 saturated carbocycles. The van der Waals surface area contributed by atoms with E-state index in [-0.39, 0.29) is 0 Å². The van der Waals surface area contributed by atoms with Crippen LogP contribution in [0.1, 0.15) is 23.6 Å². The topological polar surface area (TPSA) is 87.2 Å². The smallest absolute Gasteiger partial charge is 0.159 e. The summed E-state index contributed by atoms with van der Waals surface area (Å²) in [7, 11) is 0. The van der Waals surface area contributed by atoms with Crippen LogP contribution in [0.25, 0.3) is 139 Å². The Labute approximate surface area is 510 Å². The molecule has 0 N–H and O–H groups in total. The van der Waals surface area contributed by atoms with Gasteiger partial charge in [-0.1, -0.05) is 158 Å². The minimum atomic E-state index is 0.667. The summed E-state index contributed by atoms with van der Waals surface area (Å²) >= 11 is 0. The van der Waals surface area contributed by atoms with Crippen LogP contribution in [0, 0.1) is 0 Å². The van der Waals surface area contributed by atoms with Crippen molar-refractivity contribution in [1.29, 1.82) is 0 Å². The van der Waals surface area contributed by atoms with E-state index in [2.05, 4.69) is 276 Å². The molecule has 0 atom stereocenters. The van der Waals surface area contributed by atoms with E-state index < -0.39 is 0 Å². The van der Waals surface area contributed by atoms with Crippen LogP contribution in [0.5, 0.6) is 0 Å². The molecule has 0 aliphatic heterocycles. The molecule has 8 nitrogen and oxygen atoms in total. The first-order valence-corrected chi connectivity index (χ1v) is 29.6. The Balaban J connectivity index is 0.846. The second kappa shape index (κ2) is 23.0. The molecule has 15 aromatic rings. The molecule has 0 fully saturated rings. The van der Waals surface area contributed by atoms with Crippen LogP contribution < -0.4 is 0 Å². The van der Waals surface area contributed by atoms with Crippen LogP contribution in [-0.4, -0.2) is 39.0 Å². The predicted octanol–water partition coefficient (Wildman–Crippen LogP) is 19.7. The summed E-state index contributed by atoms with van der Waals surface area (Å²) in [6.45, 7) is 6.20. The number of rotatable bonds is 14. The first-order valence-electron chi connectivity index (χ1n) is 29.6. The van der Waals surface area contributed by atoms with Gasteiger partial charge in [0.15, 0.2) is 17.5 Å². The van der Waals surface area contributed by atoms with E-state index in [1.807, 2.05) is 37.3 Å². The van der Waals surface area contributed by atoms with Gasteiger partial charge in [0.1, 0.15) is 0 Å². The van der Waals surface area contributed by atoms with E-state index in [9.17, 15) is 0 Å². The van der Waals surface area contributed by atoms with Gasteiger partial charge in [-0.3, -0.25) is 0 Å². The van der Waals surface area contributed by atoms with E-state index in [1.165, 1.54) is 33.0 Å². The Kier molecular flexibility index (Phi) is 13.9. The third-order valence-corrected chi connectivity index (χ3v) is 16.6. The van der Waals surface area contributed by atoms with Crippen LogP contribution in [-0.2, 0) is 6.42 Å². The SMILES string of the molecule is C=C/C(=C\C=C/C)c1ccc2c(c1)c1cc(-c3ccccc3)ccc1n2-c1ccc(Cc2ccc(-n3c4ccc(-c5cccc(-c6ncccn6)c5)cc4c4cc(-c5cccc(-c6ncccn6)c5)cc(-c5cccc(-c6ncccn6)c5)c43)cc2)cc1. The van der Waals surface area contributed by atoms with Crippen LogP contribution >= 0.6 is 0 Å². The molecular formula is C80H56N8. The standard InChI is InChI=1S/C80H56N8/c1-3-5-15-55(4-2)59-28-35-74-70(48-59)71-49-60(56-16-7-6-8-17-56)29-36-75(71)87(74)67-31-24-53(25-32-67)44-54-26-33-68(34-27-54)88-76-37-30-61(57-18-9-21-63(45-57)78-81-38-12-39-82-78)50-72(76)73-52-66(58-19-10-22-64(46-58)79-83-40-13-41-84-79)51-69(77(73)88)62-20-11-23-65(47-62)80-85-42-14-43-86-80/h3-43,45-52H,2,44H2,1H3/b5-3-,55-15+. The van der Waals surface area contributed by atoms with Gasteiger partial charge in [0.2, 0.25) is 0 Å². The molecule has 88 heavy (non-hydrogen) atoms. The fourth-order valence-electron chi connectivity index (χ4n) is 12.4. The van der Waals surface area contributed by atoms with Gasteiger partial charge in [0.25, 0.3) is 0 Å². The Bertz CT molecular complexity index is 5160. The van der Waals surface area contributed by atoms with E-state index in [4.69, 9.17) is 0 Å². The molecule has 10 aromatic carbocycles. The zero-order valence-corrected chi connectivity index (χ0v) is 48.3. The molecule has 416 valence electrons. The summed E-state index contributed by atoms with van der Waals surface area (Å²) in [5, 5.41) is 4.63. The molecule has 0 unspecified atom stereocenters. The lowest BCUT2D eigenvalue weighted by Gasteiger charge is -2.15. The second-order valence-electron chi connectivity index (χ2n) is 22.0. The highest BCUT2D eigenvalue weighted by atomic mass is 15.0. The van der Waals surface area contributed by atoms with Gasteiger partial charge in [-0.25, -0.2) is 29.9 Å². The van der Waals surface area contributed by atoms with Crippen molar-refractivity contribution in [3.05, 3.63) is 321 Å². The monoisotopic (exact) mass is 1130 g/mol. The highest BCUT2D eigenvalue weighted by Gasteiger charge is 2.22. The number of benzene rings is 10. The van der Waals surface area contributed by atoms with Gasteiger partial charge in [-0.05, 0) is 184 Å². The summed E-state index contributed by atoms with van der Waals surface area (Å²) in [4.78, 5) is 27.8. The Morgan fingerprint density at radius 3 is 1.35 bits per heavy atom. The average molecular weight is 1130 g/mol. The Morgan fingerprint density at radius 2 is 0.795 bits per heavy atom. The fraction of sp³-hybridized carbons (Fsp3) is 0.0250. The zero-order valence-electron chi connectivity index (χ0n) is 48.3. The normalized spacial score (nSPS) is 11.8. The third kappa shape index (κ3) is 10.0. The zero-order chi connectivity index (χ0) is 58.9. The highest BCUT2D eigenvalue weighted by Crippen LogP contribution is 2.44. The molecule has 0 aliphatic carbocycles. The molecule has 0 amide bonds. The molecule has 0 aliphatic rings. The van der Waals surface area contributed by atoms with E-state index >= 15 is 0 Å². The van der Waals surface area contributed by atoms with Crippen molar-refractivity contribution < 1.29 is 0 Å². The fourth-order valence-corrected chi connectivity index (χ4v) is 12.4. The van der Waals surface area contributed by atoms with Crippen LogP contribution in [0.4, 0.5) is 0 Å². The molecule has 0 bridgehead atoms. The molecule has 5 aromatic heterocycles. The van der Waals surface area contributed by atoms with E-state index in [0.29, 0.717) is 17.5 Å². The van der Waals surface area contributed by atoms with Gasteiger partial charge in [-0.2, -0.15) is 0 Å². The molecule has 5 heterocycles. The maximum atomic E-state index is 4.67. The maximum Gasteiger partial charge on any atom is 0.159 e. The first-order chi connectivity index (χ1) is 43.5. The van der Waals surface area contributed by atoms with E-state index in [0.717, 1.165) is 112 Å². The highest BCUT2D eigenvalue weighted by molar-refractivity contribution is 6.16. The Morgan fingerprint density at radius 1 is 0.364 bits per heavy atom. The summed E-state index contributed by atoms with van der Waals surface area (Å²) < 4.78 is 4.84. The van der Waals surface area contributed by atoms with Gasteiger partial charge >= 0.3 is 0 Å². The second-order valence-corrected chi connectivity index (χ2v) is 22.0. The largest absolute Gasteiger partial charge is 0.309 e. The number of aromatic nitrogens is 8. The summed E-state index contributed by atoms with van der Waals surface area (Å²) in [5.74, 6) is 2.03. The minimum Gasteiger partial charge on any atom is -0.309 e. The van der Waals surface area contributed by atoms with Gasteiger partial charge < -0.3 is 9.13 Å². The molecule has 0 radical (unpaired) electrons. The van der Waals surface area contributed by atoms with E-state index in [1.54, 1.807) is 37.2 Å². The lowest BCUT2D eigenvalue weighted by Crippen LogP contribution is -1.98. The molecule has 8 heteroatoms. The lowest BCUT2D eigenvalue weighted by molar-refractivity contribution is 1.13. The summed E-state index contributed by atoms with van der Waals surface area (Å²) in [6.07, 6.45) is 19.7. The molecule has 0 spiro atoms. The number of hydrogen-bond acceptors (Lipinski definition) is 6. The summed E-state index contributed by atoms with van der Waals surface area (Å²) in [6, 6.07) is 85.1. The first kappa shape index (κ1) is 53.0. The van der Waals surface area contributed by atoms with Crippen molar-refractivity contribution in [2.24, 2.45) is 0 Å². The van der Waals surface area contributed by atoms with Crippen molar-refractivity contribution in [3.63, 3.8) is 0 Å². The van der Waals surface area contributed by atoms with Crippen molar-refractivity contribution in [3.8, 4) is 90.0 Å². The van der Waals surface area contributed by atoms with Gasteiger partial charge in [0, 0.05) is 92.4 Å². The Hall–Kier alpha value is -11.7.